The SMILES string of the molecule is OCCC#Cc1cc(F)cc(CN2CCCOCC2)c1. The minimum Gasteiger partial charge on any atom is -0.395 e. The molecule has 1 N–H and O–H groups in total. The minimum atomic E-state index is -0.262. The lowest BCUT2D eigenvalue weighted by Gasteiger charge is -2.19. The van der Waals surface area contributed by atoms with Gasteiger partial charge in [-0.1, -0.05) is 11.8 Å². The summed E-state index contributed by atoms with van der Waals surface area (Å²) >= 11 is 0. The van der Waals surface area contributed by atoms with Crippen molar-refractivity contribution in [2.24, 2.45) is 0 Å². The third-order valence-electron chi connectivity index (χ3n) is 3.15. The Morgan fingerprint density at radius 1 is 1.25 bits per heavy atom. The number of hydrogen-bond donors (Lipinski definition) is 1. The highest BCUT2D eigenvalue weighted by molar-refractivity contribution is 5.37. The first kappa shape index (κ1) is 15.0. The minimum absolute atomic E-state index is 0.0307. The van der Waals surface area contributed by atoms with Gasteiger partial charge in [-0.15, -0.1) is 0 Å². The zero-order valence-corrected chi connectivity index (χ0v) is 11.6. The number of ether oxygens (including phenoxy) is 1. The molecule has 1 aliphatic heterocycles. The molecule has 3 nitrogen and oxygen atoms in total. The molecule has 1 aromatic carbocycles. The fourth-order valence-electron chi connectivity index (χ4n) is 2.25. The van der Waals surface area contributed by atoms with Crippen molar-refractivity contribution in [2.45, 2.75) is 19.4 Å². The van der Waals surface area contributed by atoms with Gasteiger partial charge < -0.3 is 9.84 Å². The summed E-state index contributed by atoms with van der Waals surface area (Å²) in [4.78, 5) is 2.27. The van der Waals surface area contributed by atoms with Crippen molar-refractivity contribution in [1.82, 2.24) is 4.90 Å². The van der Waals surface area contributed by atoms with E-state index in [2.05, 4.69) is 16.7 Å². The second kappa shape index (κ2) is 8.01. The van der Waals surface area contributed by atoms with Crippen LogP contribution in [0.5, 0.6) is 0 Å². The summed E-state index contributed by atoms with van der Waals surface area (Å²) in [5.74, 6) is 5.44. The van der Waals surface area contributed by atoms with Crippen molar-refractivity contribution in [1.29, 1.82) is 0 Å². The van der Waals surface area contributed by atoms with Crippen LogP contribution in [0, 0.1) is 17.7 Å². The van der Waals surface area contributed by atoms with E-state index in [1.165, 1.54) is 6.07 Å². The third kappa shape index (κ3) is 4.93. The first-order valence-electron chi connectivity index (χ1n) is 6.97. The van der Waals surface area contributed by atoms with E-state index in [4.69, 9.17) is 9.84 Å². The number of aliphatic hydroxyl groups is 1. The summed E-state index contributed by atoms with van der Waals surface area (Å²) in [6.45, 7) is 4.14. The maximum Gasteiger partial charge on any atom is 0.124 e. The smallest absolute Gasteiger partial charge is 0.124 e. The Bertz CT molecular complexity index is 485. The van der Waals surface area contributed by atoms with E-state index in [0.717, 1.165) is 44.8 Å². The van der Waals surface area contributed by atoms with Gasteiger partial charge in [0.25, 0.3) is 0 Å². The molecular formula is C16H20FNO2. The highest BCUT2D eigenvalue weighted by Gasteiger charge is 2.10. The van der Waals surface area contributed by atoms with Crippen molar-refractivity contribution >= 4 is 0 Å². The van der Waals surface area contributed by atoms with Crippen LogP contribution in [0.3, 0.4) is 0 Å². The van der Waals surface area contributed by atoms with Crippen LogP contribution in [0.25, 0.3) is 0 Å². The molecule has 0 radical (unpaired) electrons. The van der Waals surface area contributed by atoms with E-state index in [1.807, 2.05) is 6.07 Å². The van der Waals surface area contributed by atoms with Crippen molar-refractivity contribution in [3.8, 4) is 11.8 Å². The van der Waals surface area contributed by atoms with E-state index in [-0.39, 0.29) is 12.4 Å². The Labute approximate surface area is 119 Å². The van der Waals surface area contributed by atoms with Crippen molar-refractivity contribution in [2.75, 3.05) is 32.9 Å². The first-order valence-corrected chi connectivity index (χ1v) is 6.97. The number of benzene rings is 1. The highest BCUT2D eigenvalue weighted by atomic mass is 19.1. The Kier molecular flexibility index (Phi) is 6.00. The highest BCUT2D eigenvalue weighted by Crippen LogP contribution is 2.12. The molecule has 2 rings (SSSR count). The molecule has 0 saturated carbocycles. The van der Waals surface area contributed by atoms with Gasteiger partial charge in [0.1, 0.15) is 5.82 Å². The van der Waals surface area contributed by atoms with Gasteiger partial charge in [0, 0.05) is 38.2 Å². The Hall–Kier alpha value is -1.41. The van der Waals surface area contributed by atoms with Gasteiger partial charge in [0.15, 0.2) is 0 Å². The standard InChI is InChI=1S/C16H20FNO2/c17-16-11-14(4-1-2-7-19)10-15(12-16)13-18-5-3-8-20-9-6-18/h10-12,19H,2-3,5-9,13H2. The number of rotatable bonds is 3. The van der Waals surface area contributed by atoms with Gasteiger partial charge in [-0.25, -0.2) is 4.39 Å². The largest absolute Gasteiger partial charge is 0.395 e. The topological polar surface area (TPSA) is 32.7 Å². The molecule has 0 aliphatic carbocycles. The van der Waals surface area contributed by atoms with Crippen LogP contribution in [0.2, 0.25) is 0 Å². The average molecular weight is 277 g/mol. The molecule has 1 aliphatic rings. The Balaban J connectivity index is 2.05. The lowest BCUT2D eigenvalue weighted by atomic mass is 10.1. The van der Waals surface area contributed by atoms with Crippen LogP contribution < -0.4 is 0 Å². The van der Waals surface area contributed by atoms with Gasteiger partial charge in [-0.3, -0.25) is 4.90 Å². The zero-order chi connectivity index (χ0) is 14.2. The van der Waals surface area contributed by atoms with Crippen LogP contribution in [0.1, 0.15) is 24.0 Å². The maximum absolute atomic E-state index is 13.6. The fourth-order valence-corrected chi connectivity index (χ4v) is 2.25. The van der Waals surface area contributed by atoms with Crippen molar-refractivity contribution in [3.05, 3.63) is 35.1 Å². The van der Waals surface area contributed by atoms with Gasteiger partial charge in [0.2, 0.25) is 0 Å². The van der Waals surface area contributed by atoms with Gasteiger partial charge in [-0.05, 0) is 30.2 Å². The molecule has 0 aromatic heterocycles. The summed E-state index contributed by atoms with van der Waals surface area (Å²) in [6, 6.07) is 4.90. The summed E-state index contributed by atoms with van der Waals surface area (Å²) in [7, 11) is 0. The molecule has 1 aromatic rings. The molecule has 1 heterocycles. The Morgan fingerprint density at radius 2 is 2.15 bits per heavy atom. The third-order valence-corrected chi connectivity index (χ3v) is 3.15. The summed E-state index contributed by atoms with van der Waals surface area (Å²) < 4.78 is 19.0. The summed E-state index contributed by atoms with van der Waals surface area (Å²) in [5, 5.41) is 8.70. The average Bonchev–Trinajstić information content (AvgIpc) is 2.67. The molecule has 1 fully saturated rings. The van der Waals surface area contributed by atoms with Gasteiger partial charge >= 0.3 is 0 Å². The second-order valence-electron chi connectivity index (χ2n) is 4.87. The van der Waals surface area contributed by atoms with E-state index in [9.17, 15) is 4.39 Å². The van der Waals surface area contributed by atoms with Crippen LogP contribution in [0.4, 0.5) is 4.39 Å². The van der Waals surface area contributed by atoms with Crippen molar-refractivity contribution in [3.63, 3.8) is 0 Å². The molecule has 0 amide bonds. The zero-order valence-electron chi connectivity index (χ0n) is 11.6. The quantitative estimate of drug-likeness (QED) is 0.855. The number of aliphatic hydroxyl groups excluding tert-OH is 1. The molecule has 20 heavy (non-hydrogen) atoms. The van der Waals surface area contributed by atoms with Crippen LogP contribution in [0.15, 0.2) is 18.2 Å². The molecule has 108 valence electrons. The predicted octanol–water partition coefficient (Wildman–Crippen LogP) is 1.78. The van der Waals surface area contributed by atoms with Gasteiger partial charge in [0.05, 0.1) is 13.2 Å². The normalized spacial score (nSPS) is 16.3. The van der Waals surface area contributed by atoms with E-state index < -0.39 is 0 Å². The maximum atomic E-state index is 13.6. The van der Waals surface area contributed by atoms with Crippen LogP contribution in [-0.2, 0) is 11.3 Å². The van der Waals surface area contributed by atoms with E-state index in [0.29, 0.717) is 12.0 Å². The second-order valence-corrected chi connectivity index (χ2v) is 4.87. The Morgan fingerprint density at radius 3 is 3.00 bits per heavy atom. The lowest BCUT2D eigenvalue weighted by Crippen LogP contribution is -2.25. The molecule has 1 saturated heterocycles. The first-order chi connectivity index (χ1) is 9.78. The van der Waals surface area contributed by atoms with Gasteiger partial charge in [-0.2, -0.15) is 0 Å². The van der Waals surface area contributed by atoms with Crippen molar-refractivity contribution < 1.29 is 14.2 Å². The number of halogens is 1. The number of nitrogens with zero attached hydrogens (tertiary/aromatic N) is 1. The predicted molar refractivity (Wildman–Crippen MR) is 75.7 cm³/mol. The molecule has 0 atom stereocenters. The van der Waals surface area contributed by atoms with E-state index in [1.54, 1.807) is 6.07 Å². The number of hydrogen-bond acceptors (Lipinski definition) is 3. The molecule has 0 unspecified atom stereocenters. The van der Waals surface area contributed by atoms with E-state index >= 15 is 0 Å². The van der Waals surface area contributed by atoms with Crippen LogP contribution >= 0.6 is 0 Å². The van der Waals surface area contributed by atoms with Crippen LogP contribution in [-0.4, -0.2) is 42.9 Å². The molecule has 4 heteroatoms. The molecular weight excluding hydrogens is 257 g/mol. The monoisotopic (exact) mass is 277 g/mol. The lowest BCUT2D eigenvalue weighted by molar-refractivity contribution is 0.140. The summed E-state index contributed by atoms with van der Waals surface area (Å²) in [5.41, 5.74) is 1.60. The molecule has 0 bridgehead atoms. The molecule has 0 spiro atoms. The fraction of sp³-hybridized carbons (Fsp3) is 0.500. The summed E-state index contributed by atoms with van der Waals surface area (Å²) in [6.07, 6.45) is 1.42.